The van der Waals surface area contributed by atoms with Gasteiger partial charge in [0.15, 0.2) is 5.69 Å². The van der Waals surface area contributed by atoms with Gasteiger partial charge in [0, 0.05) is 28.2 Å². The number of carbonyl (C=O) groups is 3. The summed E-state index contributed by atoms with van der Waals surface area (Å²) in [6.45, 7) is 13.3. The normalized spacial score (nSPS) is 32.6. The molecule has 12 heteroatoms. The lowest BCUT2D eigenvalue weighted by molar-refractivity contribution is -0.259. The number of aromatic nitrogens is 1. The summed E-state index contributed by atoms with van der Waals surface area (Å²) >= 11 is 6.98. The van der Waals surface area contributed by atoms with Crippen molar-refractivity contribution in [3.63, 3.8) is 0 Å². The summed E-state index contributed by atoms with van der Waals surface area (Å²) in [5, 5.41) is 7.15. The fourth-order valence-corrected chi connectivity index (χ4v) is 9.35. The first-order valence-electron chi connectivity index (χ1n) is 16.4. The molecule has 6 saturated carbocycles. The van der Waals surface area contributed by atoms with E-state index < -0.39 is 28.8 Å². The average Bonchev–Trinajstić information content (AvgIpc) is 3.46. The van der Waals surface area contributed by atoms with Crippen molar-refractivity contribution in [2.45, 2.75) is 159 Å². The number of hydrogen-bond acceptors (Lipinski definition) is 9. The summed E-state index contributed by atoms with van der Waals surface area (Å²) in [5.74, 6) is -0.901. The van der Waals surface area contributed by atoms with Crippen LogP contribution in [0, 0.1) is 5.41 Å². The van der Waals surface area contributed by atoms with Gasteiger partial charge in [0.2, 0.25) is 0 Å². The summed E-state index contributed by atoms with van der Waals surface area (Å²) in [4.78, 5) is 51.1. The summed E-state index contributed by atoms with van der Waals surface area (Å²) in [6, 6.07) is 0. The van der Waals surface area contributed by atoms with Crippen molar-refractivity contribution in [3.05, 3.63) is 16.1 Å². The average molecular weight is 663 g/mol. The minimum absolute atomic E-state index is 0.138. The van der Waals surface area contributed by atoms with Gasteiger partial charge in [-0.2, -0.15) is 5.06 Å². The third kappa shape index (κ3) is 6.61. The highest BCUT2D eigenvalue weighted by atomic mass is 32.1. The van der Waals surface area contributed by atoms with Gasteiger partial charge in [-0.3, -0.25) is 4.79 Å². The molecule has 0 aliphatic heterocycles. The van der Waals surface area contributed by atoms with Crippen molar-refractivity contribution < 1.29 is 28.7 Å². The number of fused-ring (bicyclic) bond motifs is 6. The van der Waals surface area contributed by atoms with Gasteiger partial charge >= 0.3 is 12.1 Å². The van der Waals surface area contributed by atoms with Crippen LogP contribution < -0.4 is 11.1 Å². The number of rotatable bonds is 7. The quantitative estimate of drug-likeness (QED) is 0.248. The third-order valence-corrected chi connectivity index (χ3v) is 12.1. The Morgan fingerprint density at radius 2 is 1.60 bits per heavy atom. The van der Waals surface area contributed by atoms with Gasteiger partial charge < -0.3 is 25.4 Å². The molecule has 1 aromatic rings. The van der Waals surface area contributed by atoms with Crippen LogP contribution in [0.5, 0.6) is 0 Å². The number of nitrogens with one attached hydrogen (secondary N) is 1. The second kappa shape index (κ2) is 11.7. The number of nitrogens with zero attached hydrogens (tertiary/aromatic N) is 2. The monoisotopic (exact) mass is 662 g/mol. The zero-order valence-electron chi connectivity index (χ0n) is 27.9. The summed E-state index contributed by atoms with van der Waals surface area (Å²) in [5.41, 5.74) is 3.89. The van der Waals surface area contributed by atoms with E-state index in [4.69, 9.17) is 37.2 Å². The molecule has 1 atom stereocenters. The summed E-state index contributed by atoms with van der Waals surface area (Å²) in [7, 11) is 0. The van der Waals surface area contributed by atoms with E-state index in [9.17, 15) is 14.4 Å². The predicted molar refractivity (Wildman–Crippen MR) is 176 cm³/mol. The van der Waals surface area contributed by atoms with Crippen molar-refractivity contribution in [2.75, 3.05) is 0 Å². The maximum atomic E-state index is 13.7. The van der Waals surface area contributed by atoms with Crippen LogP contribution in [0.25, 0.3) is 0 Å². The largest absolute Gasteiger partial charge is 0.444 e. The second-order valence-electron chi connectivity index (χ2n) is 15.8. The molecule has 4 bridgehead atoms. The lowest BCUT2D eigenvalue weighted by atomic mass is 9.55. The van der Waals surface area contributed by atoms with E-state index in [0.29, 0.717) is 37.1 Å². The molecule has 250 valence electrons. The molecular weight excluding hydrogens is 613 g/mol. The van der Waals surface area contributed by atoms with Crippen molar-refractivity contribution in [1.82, 2.24) is 15.4 Å². The molecule has 45 heavy (non-hydrogen) atoms. The zero-order valence-corrected chi connectivity index (χ0v) is 29.5. The Bertz CT molecular complexity index is 1310. The standard InChI is InChI=1S/C33H50N4O6S2/c1-8-23(38)37(33-17-12-31(13-18-33,25(34)44)19-22(33)41-28(2,3)4)43-24(39)21-20-45-26(35-21)30-9-14-32(15-10-30,16-11-30)36-27(40)42-29(5,6)7/h20,22H,8-19H2,1-7H3,(H2,34,44)(H,36,40). The highest BCUT2D eigenvalue weighted by Gasteiger charge is 2.62. The van der Waals surface area contributed by atoms with Gasteiger partial charge in [-0.1, -0.05) is 19.1 Å². The van der Waals surface area contributed by atoms with Crippen LogP contribution in [0.2, 0.25) is 0 Å². The molecule has 7 rings (SSSR count). The van der Waals surface area contributed by atoms with Gasteiger partial charge in [-0.05, 0) is 112 Å². The third-order valence-electron chi connectivity index (χ3n) is 10.6. The van der Waals surface area contributed by atoms with E-state index in [1.54, 1.807) is 12.3 Å². The Hall–Kier alpha value is -2.31. The number of amides is 2. The number of ether oxygens (including phenoxy) is 2. The molecule has 1 aromatic heterocycles. The van der Waals surface area contributed by atoms with E-state index in [0.717, 1.165) is 43.5 Å². The molecule has 3 N–H and O–H groups in total. The fourth-order valence-electron chi connectivity index (χ4n) is 7.98. The lowest BCUT2D eigenvalue weighted by Crippen LogP contribution is -2.69. The van der Waals surface area contributed by atoms with E-state index in [2.05, 4.69) is 5.32 Å². The first-order valence-corrected chi connectivity index (χ1v) is 17.6. The number of carbonyl (C=O) groups excluding carboxylic acids is 3. The van der Waals surface area contributed by atoms with Crippen LogP contribution in [0.4, 0.5) is 4.79 Å². The Morgan fingerprint density at radius 3 is 2.11 bits per heavy atom. The Morgan fingerprint density at radius 1 is 1.00 bits per heavy atom. The van der Waals surface area contributed by atoms with Gasteiger partial charge in [0.1, 0.15) is 11.1 Å². The van der Waals surface area contributed by atoms with E-state index in [1.807, 2.05) is 41.5 Å². The summed E-state index contributed by atoms with van der Waals surface area (Å²) < 4.78 is 12.1. The van der Waals surface area contributed by atoms with Gasteiger partial charge in [0.25, 0.3) is 5.91 Å². The first-order chi connectivity index (χ1) is 20.9. The van der Waals surface area contributed by atoms with Gasteiger partial charge in [-0.25, -0.2) is 14.6 Å². The van der Waals surface area contributed by atoms with Crippen LogP contribution in [0.15, 0.2) is 5.38 Å². The SMILES string of the molecule is CCC(=O)N(OC(=O)c1csc(C23CCC(NC(=O)OC(C)(C)C)(CC2)CC3)n1)C12CCC(C(N)=S)(CC1)CC2OC(C)(C)C. The molecule has 6 aliphatic rings. The molecular formula is C33H50N4O6S2. The van der Waals surface area contributed by atoms with E-state index in [-0.39, 0.29) is 40.5 Å². The molecule has 1 heterocycles. The molecule has 10 nitrogen and oxygen atoms in total. The van der Waals surface area contributed by atoms with Crippen molar-refractivity contribution >= 4 is 46.5 Å². The zero-order chi connectivity index (χ0) is 33.1. The predicted octanol–water partition coefficient (Wildman–Crippen LogP) is 6.50. The molecule has 0 spiro atoms. The van der Waals surface area contributed by atoms with Crippen molar-refractivity contribution in [1.29, 1.82) is 0 Å². The second-order valence-corrected chi connectivity index (χ2v) is 17.1. The number of hydroxylamine groups is 2. The minimum Gasteiger partial charge on any atom is -0.444 e. The fraction of sp³-hybridized carbons (Fsp3) is 0.788. The Labute approximate surface area is 276 Å². The van der Waals surface area contributed by atoms with Crippen LogP contribution in [-0.2, 0) is 24.5 Å². The molecule has 6 fully saturated rings. The molecule has 0 saturated heterocycles. The van der Waals surface area contributed by atoms with Crippen LogP contribution >= 0.6 is 23.6 Å². The molecule has 0 aromatic carbocycles. The minimum atomic E-state index is -0.808. The smallest absolute Gasteiger partial charge is 0.408 e. The molecule has 1 unspecified atom stereocenters. The molecule has 0 radical (unpaired) electrons. The van der Waals surface area contributed by atoms with Crippen LogP contribution in [0.1, 0.15) is 141 Å². The number of hydrogen-bond donors (Lipinski definition) is 2. The van der Waals surface area contributed by atoms with E-state index >= 15 is 0 Å². The van der Waals surface area contributed by atoms with Gasteiger partial charge in [-0.15, -0.1) is 11.3 Å². The summed E-state index contributed by atoms with van der Waals surface area (Å²) in [6.07, 6.45) is 7.67. The molecule has 6 aliphatic carbocycles. The lowest BCUT2D eigenvalue weighted by Gasteiger charge is -2.59. The van der Waals surface area contributed by atoms with Crippen molar-refractivity contribution in [3.8, 4) is 0 Å². The highest BCUT2D eigenvalue weighted by Crippen LogP contribution is 2.57. The van der Waals surface area contributed by atoms with Gasteiger partial charge in [0.05, 0.1) is 21.7 Å². The Balaban J connectivity index is 1.32. The number of thiocarbonyl (C=S) groups is 1. The van der Waals surface area contributed by atoms with Crippen molar-refractivity contribution in [2.24, 2.45) is 11.1 Å². The maximum Gasteiger partial charge on any atom is 0.408 e. The van der Waals surface area contributed by atoms with E-state index in [1.165, 1.54) is 16.4 Å². The number of thiazole rings is 1. The maximum absolute atomic E-state index is 13.7. The number of alkyl carbamates (subject to hydrolysis) is 1. The highest BCUT2D eigenvalue weighted by molar-refractivity contribution is 7.80. The molecule has 2 amide bonds. The topological polar surface area (TPSA) is 133 Å². The van der Waals surface area contributed by atoms with Crippen LogP contribution in [-0.4, -0.2) is 61.4 Å². The Kier molecular flexibility index (Phi) is 8.88. The first kappa shape index (κ1) is 34.0. The van der Waals surface area contributed by atoms with Crippen LogP contribution in [0.3, 0.4) is 0 Å². The number of nitrogens with two attached hydrogens (primary N) is 1.